The van der Waals surface area contributed by atoms with Crippen molar-refractivity contribution in [3.8, 4) is 0 Å². The molecule has 0 saturated carbocycles. The van der Waals surface area contributed by atoms with Crippen molar-refractivity contribution < 1.29 is 26.9 Å². The molecule has 0 fully saturated rings. The average molecular weight is 427 g/mol. The highest BCUT2D eigenvalue weighted by Gasteiger charge is 2.45. The molecule has 0 spiro atoms. The molecule has 0 radical (unpaired) electrons. The molecule has 2 atom stereocenters. The summed E-state index contributed by atoms with van der Waals surface area (Å²) in [4.78, 5) is 0. The lowest BCUT2D eigenvalue weighted by molar-refractivity contribution is 0.00592. The number of rotatable bonds is 12. The quantitative estimate of drug-likeness (QED) is 0.377. The Labute approximate surface area is 158 Å². The Balaban J connectivity index is 5.03. The molecule has 0 aliphatic rings. The van der Waals surface area contributed by atoms with Crippen LogP contribution in [-0.4, -0.2) is 57.8 Å². The van der Waals surface area contributed by atoms with Crippen molar-refractivity contribution in [2.45, 2.75) is 72.0 Å². The Morgan fingerprint density at radius 2 is 1.32 bits per heavy atom. The molecule has 0 aromatic heterocycles. The number of aliphatic hydroxyl groups is 1. The third-order valence-electron chi connectivity index (χ3n) is 2.52. The Hall–Kier alpha value is 0.0475. The third-order valence-corrected chi connectivity index (χ3v) is 15.5. The van der Waals surface area contributed by atoms with Crippen molar-refractivity contribution in [3.05, 3.63) is 12.5 Å². The van der Waals surface area contributed by atoms with Crippen LogP contribution in [0.5, 0.6) is 0 Å². The summed E-state index contributed by atoms with van der Waals surface area (Å²) < 4.78 is 30.1. The highest BCUT2D eigenvalue weighted by atomic mass is 28.5. The van der Waals surface area contributed by atoms with E-state index in [0.29, 0.717) is 0 Å². The molecule has 0 aliphatic heterocycles. The molecule has 25 heavy (non-hydrogen) atoms. The maximum Gasteiger partial charge on any atom is 0.354 e. The molecule has 0 heterocycles. The van der Waals surface area contributed by atoms with E-state index in [9.17, 15) is 5.11 Å². The molecule has 0 aromatic rings. The standard InChI is InChI=1S/C15H38O6Si4/c1-14(16)12-17-15(2)18-13-25(11,20-23(6,7)8)21-24(9,10)19-22(3,4)5/h14,16H,2,12-13H2,1,3-11H3. The van der Waals surface area contributed by atoms with Gasteiger partial charge in [0.1, 0.15) is 12.8 Å². The molecule has 2 unspecified atom stereocenters. The number of aliphatic hydroxyl groups excluding tert-OH is 1. The van der Waals surface area contributed by atoms with Gasteiger partial charge in [0.2, 0.25) is 0 Å². The van der Waals surface area contributed by atoms with Crippen LogP contribution in [0.15, 0.2) is 12.5 Å². The second-order valence-corrected chi connectivity index (χ2v) is 25.1. The average Bonchev–Trinajstić information content (AvgIpc) is 2.27. The van der Waals surface area contributed by atoms with Gasteiger partial charge in [-0.05, 0) is 72.4 Å². The van der Waals surface area contributed by atoms with E-state index >= 15 is 0 Å². The second kappa shape index (κ2) is 9.31. The number of ether oxygens (including phenoxy) is 2. The molecule has 10 heteroatoms. The lowest BCUT2D eigenvalue weighted by Crippen LogP contribution is -2.59. The van der Waals surface area contributed by atoms with Gasteiger partial charge < -0.3 is 26.9 Å². The number of hydrogen-bond donors (Lipinski definition) is 1. The Morgan fingerprint density at radius 3 is 1.72 bits per heavy atom. The van der Waals surface area contributed by atoms with Crippen LogP contribution < -0.4 is 0 Å². The van der Waals surface area contributed by atoms with Gasteiger partial charge in [0, 0.05) is 0 Å². The topological polar surface area (TPSA) is 66.4 Å². The van der Waals surface area contributed by atoms with Crippen LogP contribution in [0.2, 0.25) is 58.9 Å². The van der Waals surface area contributed by atoms with Gasteiger partial charge >= 0.3 is 17.1 Å². The van der Waals surface area contributed by atoms with Gasteiger partial charge in [-0.1, -0.05) is 0 Å². The zero-order valence-electron chi connectivity index (χ0n) is 17.7. The SMILES string of the molecule is C=C(OCC(C)O)OC[Si](C)(O[Si](C)(C)C)O[Si](C)(C)O[Si](C)(C)C. The summed E-state index contributed by atoms with van der Waals surface area (Å²) in [5, 5.41) is 9.28. The monoisotopic (exact) mass is 426 g/mol. The molecular weight excluding hydrogens is 389 g/mol. The fraction of sp³-hybridized carbons (Fsp3) is 0.867. The van der Waals surface area contributed by atoms with Crippen molar-refractivity contribution >= 4 is 33.8 Å². The Bertz CT molecular complexity index is 431. The summed E-state index contributed by atoms with van der Waals surface area (Å²) in [5.41, 5.74) is 0. The summed E-state index contributed by atoms with van der Waals surface area (Å²) in [6, 6.07) is 0. The van der Waals surface area contributed by atoms with Crippen LogP contribution in [0.3, 0.4) is 0 Å². The normalized spacial score (nSPS) is 16.9. The first kappa shape index (κ1) is 25.0. The highest BCUT2D eigenvalue weighted by Crippen LogP contribution is 2.24. The van der Waals surface area contributed by atoms with Crippen LogP contribution in [-0.2, 0) is 21.8 Å². The van der Waals surface area contributed by atoms with Crippen molar-refractivity contribution in [1.82, 2.24) is 0 Å². The lowest BCUT2D eigenvalue weighted by Gasteiger charge is -2.40. The van der Waals surface area contributed by atoms with Gasteiger partial charge in [0.25, 0.3) is 5.95 Å². The Morgan fingerprint density at radius 1 is 0.840 bits per heavy atom. The van der Waals surface area contributed by atoms with Gasteiger partial charge in [-0.25, -0.2) is 0 Å². The minimum Gasteiger partial charge on any atom is -0.464 e. The minimum absolute atomic E-state index is 0.145. The summed E-state index contributed by atoms with van der Waals surface area (Å²) >= 11 is 0. The predicted molar refractivity (Wildman–Crippen MR) is 112 cm³/mol. The van der Waals surface area contributed by atoms with Crippen molar-refractivity contribution in [2.75, 3.05) is 12.8 Å². The van der Waals surface area contributed by atoms with E-state index in [1.807, 2.05) is 6.55 Å². The molecule has 0 aliphatic carbocycles. The van der Waals surface area contributed by atoms with E-state index < -0.39 is 39.9 Å². The van der Waals surface area contributed by atoms with E-state index in [1.54, 1.807) is 6.92 Å². The van der Waals surface area contributed by atoms with Crippen LogP contribution in [0.1, 0.15) is 6.92 Å². The zero-order valence-corrected chi connectivity index (χ0v) is 21.7. The van der Waals surface area contributed by atoms with Crippen molar-refractivity contribution in [2.24, 2.45) is 0 Å². The summed E-state index contributed by atoms with van der Waals surface area (Å²) in [6.45, 7) is 24.5. The molecular formula is C15H38O6Si4. The smallest absolute Gasteiger partial charge is 0.354 e. The first-order valence-electron chi connectivity index (χ1n) is 8.66. The third kappa shape index (κ3) is 13.9. The van der Waals surface area contributed by atoms with Gasteiger partial charge in [0.05, 0.1) is 6.10 Å². The van der Waals surface area contributed by atoms with Crippen LogP contribution in [0, 0.1) is 0 Å². The maximum atomic E-state index is 9.28. The molecule has 0 saturated heterocycles. The fourth-order valence-electron chi connectivity index (χ4n) is 2.47. The van der Waals surface area contributed by atoms with Gasteiger partial charge in [-0.15, -0.1) is 0 Å². The molecule has 150 valence electrons. The zero-order chi connectivity index (χ0) is 20.1. The maximum absolute atomic E-state index is 9.28. The van der Waals surface area contributed by atoms with Crippen LogP contribution >= 0.6 is 0 Å². The summed E-state index contributed by atoms with van der Waals surface area (Å²) in [7, 11) is -8.55. The van der Waals surface area contributed by atoms with E-state index in [1.165, 1.54) is 0 Å². The molecule has 0 amide bonds. The van der Waals surface area contributed by atoms with E-state index in [0.717, 1.165) is 0 Å². The van der Waals surface area contributed by atoms with Gasteiger partial charge in [-0.3, -0.25) is 0 Å². The first-order chi connectivity index (χ1) is 10.9. The van der Waals surface area contributed by atoms with Crippen molar-refractivity contribution in [3.63, 3.8) is 0 Å². The fourth-order valence-corrected chi connectivity index (χ4v) is 19.7. The van der Waals surface area contributed by atoms with E-state index in [4.69, 9.17) is 21.8 Å². The molecule has 1 N–H and O–H groups in total. The van der Waals surface area contributed by atoms with E-state index in [-0.39, 0.29) is 18.8 Å². The van der Waals surface area contributed by atoms with Crippen molar-refractivity contribution in [1.29, 1.82) is 0 Å². The molecule has 0 rings (SSSR count). The number of hydrogen-bond acceptors (Lipinski definition) is 6. The first-order valence-corrected chi connectivity index (χ1v) is 20.8. The summed E-state index contributed by atoms with van der Waals surface area (Å²) in [5.74, 6) is 0.174. The van der Waals surface area contributed by atoms with Crippen LogP contribution in [0.4, 0.5) is 0 Å². The Kier molecular flexibility index (Phi) is 9.32. The molecule has 6 nitrogen and oxygen atoms in total. The van der Waals surface area contributed by atoms with Crippen LogP contribution in [0.25, 0.3) is 0 Å². The second-order valence-electron chi connectivity index (χ2n) is 8.89. The molecule has 0 aromatic carbocycles. The summed E-state index contributed by atoms with van der Waals surface area (Å²) in [6.07, 6.45) is -0.295. The van der Waals surface area contributed by atoms with Gasteiger partial charge in [-0.2, -0.15) is 0 Å². The predicted octanol–water partition coefficient (Wildman–Crippen LogP) is 3.90. The largest absolute Gasteiger partial charge is 0.464 e. The lowest BCUT2D eigenvalue weighted by atomic mass is 10.4. The molecule has 0 bridgehead atoms. The highest BCUT2D eigenvalue weighted by molar-refractivity contribution is 6.89. The minimum atomic E-state index is -2.64. The van der Waals surface area contributed by atoms with E-state index in [2.05, 4.69) is 59.0 Å². The van der Waals surface area contributed by atoms with Gasteiger partial charge in [0.15, 0.2) is 16.6 Å².